The third kappa shape index (κ3) is 4.04. The Balaban J connectivity index is 1.74. The summed E-state index contributed by atoms with van der Waals surface area (Å²) < 4.78 is 46.7. The van der Waals surface area contributed by atoms with Gasteiger partial charge in [0, 0.05) is 6.20 Å². The molecule has 3 aromatic heterocycles. The Kier molecular flexibility index (Phi) is 5.39. The van der Waals surface area contributed by atoms with Crippen LogP contribution in [0, 0.1) is 0 Å². The molecule has 0 aliphatic rings. The van der Waals surface area contributed by atoms with Gasteiger partial charge in [0.1, 0.15) is 12.3 Å². The van der Waals surface area contributed by atoms with Crippen LogP contribution in [-0.2, 0) is 24.1 Å². The highest BCUT2D eigenvalue weighted by molar-refractivity contribution is 5.92. The van der Waals surface area contributed by atoms with E-state index in [2.05, 4.69) is 10.3 Å². The van der Waals surface area contributed by atoms with E-state index < -0.39 is 41.1 Å². The van der Waals surface area contributed by atoms with Gasteiger partial charge in [-0.25, -0.2) is 9.78 Å². The van der Waals surface area contributed by atoms with Crippen molar-refractivity contribution in [1.29, 1.82) is 0 Å². The van der Waals surface area contributed by atoms with Gasteiger partial charge < -0.3 is 9.73 Å². The normalized spacial score (nSPS) is 11.6. The fourth-order valence-corrected chi connectivity index (χ4v) is 3.27. The van der Waals surface area contributed by atoms with Crippen molar-refractivity contribution in [3.05, 3.63) is 93.2 Å². The van der Waals surface area contributed by atoms with Crippen molar-refractivity contribution in [2.45, 2.75) is 19.3 Å². The summed E-state index contributed by atoms with van der Waals surface area (Å²) in [5, 5.41) is 2.19. The van der Waals surface area contributed by atoms with Crippen LogP contribution >= 0.6 is 0 Å². The average molecular weight is 444 g/mol. The molecule has 3 heterocycles. The highest BCUT2D eigenvalue weighted by Crippen LogP contribution is 2.34. The average Bonchev–Trinajstić information content (AvgIpc) is 3.27. The molecule has 0 atom stereocenters. The van der Waals surface area contributed by atoms with Gasteiger partial charge in [-0.05, 0) is 36.4 Å². The van der Waals surface area contributed by atoms with Crippen molar-refractivity contribution >= 4 is 22.6 Å². The molecule has 0 aliphatic carbocycles. The number of hydrogen-bond donors (Lipinski definition) is 1. The molecule has 11 heteroatoms. The van der Waals surface area contributed by atoms with Gasteiger partial charge in [0.25, 0.3) is 5.56 Å². The SMILES string of the molecule is O=C(Cn1c(=O)n(Cc2ccco2)c(=O)c2ncccc21)Nc1ccccc1C(F)(F)F. The maximum Gasteiger partial charge on any atom is 0.418 e. The number of amides is 1. The quantitative estimate of drug-likeness (QED) is 0.510. The molecule has 4 rings (SSSR count). The predicted octanol–water partition coefficient (Wildman–Crippen LogP) is 2.86. The van der Waals surface area contributed by atoms with Gasteiger partial charge in [0.15, 0.2) is 5.52 Å². The summed E-state index contributed by atoms with van der Waals surface area (Å²) in [6.07, 6.45) is -1.94. The van der Waals surface area contributed by atoms with Gasteiger partial charge in [0.05, 0.1) is 29.6 Å². The number of pyridine rings is 1. The molecule has 1 N–H and O–H groups in total. The number of hydrogen-bond acceptors (Lipinski definition) is 5. The number of nitrogens with one attached hydrogen (secondary N) is 1. The van der Waals surface area contributed by atoms with Crippen molar-refractivity contribution in [2.75, 3.05) is 5.32 Å². The topological polar surface area (TPSA) is 99.1 Å². The minimum Gasteiger partial charge on any atom is -0.467 e. The number of para-hydroxylation sites is 1. The number of anilines is 1. The van der Waals surface area contributed by atoms with Crippen molar-refractivity contribution in [3.63, 3.8) is 0 Å². The first kappa shape index (κ1) is 21.1. The number of aromatic nitrogens is 3. The van der Waals surface area contributed by atoms with Gasteiger partial charge in [-0.15, -0.1) is 0 Å². The fourth-order valence-electron chi connectivity index (χ4n) is 3.27. The molecule has 0 unspecified atom stereocenters. The molecule has 0 spiro atoms. The van der Waals surface area contributed by atoms with Crippen LogP contribution in [0.25, 0.3) is 11.0 Å². The maximum absolute atomic E-state index is 13.2. The summed E-state index contributed by atoms with van der Waals surface area (Å²) in [7, 11) is 0. The van der Waals surface area contributed by atoms with Crippen molar-refractivity contribution in [3.8, 4) is 0 Å². The number of alkyl halides is 3. The summed E-state index contributed by atoms with van der Waals surface area (Å²) in [4.78, 5) is 42.4. The Morgan fingerprint density at radius 2 is 1.81 bits per heavy atom. The molecule has 32 heavy (non-hydrogen) atoms. The van der Waals surface area contributed by atoms with Crippen LogP contribution in [0.4, 0.5) is 18.9 Å². The van der Waals surface area contributed by atoms with Crippen LogP contribution in [0.5, 0.6) is 0 Å². The second-order valence-corrected chi connectivity index (χ2v) is 6.80. The van der Waals surface area contributed by atoms with Crippen LogP contribution in [-0.4, -0.2) is 20.0 Å². The second-order valence-electron chi connectivity index (χ2n) is 6.80. The standard InChI is InChI=1S/C21H15F3N4O4/c22-21(23,24)14-6-1-2-7-15(14)26-17(29)12-27-16-8-3-9-25-18(16)19(30)28(20(27)31)11-13-5-4-10-32-13/h1-10H,11-12H2,(H,26,29). The fraction of sp³-hybridized carbons (Fsp3) is 0.143. The Hall–Kier alpha value is -4.15. The van der Waals surface area contributed by atoms with E-state index in [0.29, 0.717) is 5.76 Å². The number of benzene rings is 1. The van der Waals surface area contributed by atoms with Crippen molar-refractivity contribution < 1.29 is 22.4 Å². The summed E-state index contributed by atoms with van der Waals surface area (Å²) in [6.45, 7) is -0.832. The minimum atomic E-state index is -4.67. The molecule has 0 aliphatic heterocycles. The van der Waals surface area contributed by atoms with Gasteiger partial charge in [-0.3, -0.25) is 18.7 Å². The third-order valence-corrected chi connectivity index (χ3v) is 4.69. The molecular formula is C21H15F3N4O4. The monoisotopic (exact) mass is 444 g/mol. The lowest BCUT2D eigenvalue weighted by Crippen LogP contribution is -2.42. The van der Waals surface area contributed by atoms with Gasteiger partial charge in [0.2, 0.25) is 5.91 Å². The van der Waals surface area contributed by atoms with Crippen molar-refractivity contribution in [2.24, 2.45) is 0 Å². The van der Waals surface area contributed by atoms with Crippen LogP contribution in [0.1, 0.15) is 11.3 Å². The number of furan rings is 1. The van der Waals surface area contributed by atoms with E-state index in [1.807, 2.05) is 0 Å². The molecule has 164 valence electrons. The minimum absolute atomic E-state index is 0.0675. The second kappa shape index (κ2) is 8.17. The smallest absolute Gasteiger partial charge is 0.418 e. The first-order valence-electron chi connectivity index (χ1n) is 9.32. The molecule has 8 nitrogen and oxygen atoms in total. The molecule has 0 bridgehead atoms. The number of carbonyl (C=O) groups excluding carboxylic acids is 1. The van der Waals surface area contributed by atoms with Crippen LogP contribution < -0.4 is 16.6 Å². The molecule has 0 fully saturated rings. The molecular weight excluding hydrogens is 429 g/mol. The van der Waals surface area contributed by atoms with Crippen LogP contribution in [0.15, 0.2) is 75.0 Å². The number of halogens is 3. The van der Waals surface area contributed by atoms with Crippen molar-refractivity contribution in [1.82, 2.24) is 14.1 Å². The molecule has 4 aromatic rings. The summed E-state index contributed by atoms with van der Waals surface area (Å²) in [5.41, 5.74) is -2.95. The van der Waals surface area contributed by atoms with E-state index >= 15 is 0 Å². The number of rotatable bonds is 5. The first-order chi connectivity index (χ1) is 15.3. The first-order valence-corrected chi connectivity index (χ1v) is 9.32. The van der Waals surface area contributed by atoms with E-state index in [1.165, 1.54) is 36.7 Å². The van der Waals surface area contributed by atoms with Gasteiger partial charge >= 0.3 is 11.9 Å². The van der Waals surface area contributed by atoms with E-state index in [-0.39, 0.29) is 17.6 Å². The lowest BCUT2D eigenvalue weighted by molar-refractivity contribution is -0.137. The molecule has 0 saturated carbocycles. The summed E-state index contributed by atoms with van der Waals surface area (Å²) in [5.74, 6) is -0.549. The van der Waals surface area contributed by atoms with E-state index in [1.54, 1.807) is 12.1 Å². The Bertz CT molecular complexity index is 1410. The molecule has 0 radical (unpaired) electrons. The number of fused-ring (bicyclic) bond motifs is 1. The Labute approximate surface area is 177 Å². The zero-order valence-corrected chi connectivity index (χ0v) is 16.3. The number of nitrogens with zero attached hydrogens (tertiary/aromatic N) is 3. The number of carbonyl (C=O) groups is 1. The molecule has 1 aromatic carbocycles. The highest BCUT2D eigenvalue weighted by Gasteiger charge is 2.33. The van der Waals surface area contributed by atoms with Crippen LogP contribution in [0.2, 0.25) is 0 Å². The Morgan fingerprint density at radius 1 is 1.03 bits per heavy atom. The van der Waals surface area contributed by atoms with E-state index in [0.717, 1.165) is 21.3 Å². The summed E-state index contributed by atoms with van der Waals surface area (Å²) >= 11 is 0. The van der Waals surface area contributed by atoms with E-state index in [4.69, 9.17) is 4.42 Å². The summed E-state index contributed by atoms with van der Waals surface area (Å²) in [6, 6.07) is 10.6. The largest absolute Gasteiger partial charge is 0.467 e. The predicted molar refractivity (Wildman–Crippen MR) is 108 cm³/mol. The zero-order valence-electron chi connectivity index (χ0n) is 16.3. The lowest BCUT2D eigenvalue weighted by Gasteiger charge is -2.15. The zero-order chi connectivity index (χ0) is 22.9. The maximum atomic E-state index is 13.2. The van der Waals surface area contributed by atoms with Gasteiger partial charge in [-0.1, -0.05) is 12.1 Å². The molecule has 0 saturated heterocycles. The molecule has 1 amide bonds. The van der Waals surface area contributed by atoms with Gasteiger partial charge in [-0.2, -0.15) is 13.2 Å². The highest BCUT2D eigenvalue weighted by atomic mass is 19.4. The van der Waals surface area contributed by atoms with E-state index in [9.17, 15) is 27.6 Å². The Morgan fingerprint density at radius 3 is 2.53 bits per heavy atom. The lowest BCUT2D eigenvalue weighted by atomic mass is 10.1. The third-order valence-electron chi connectivity index (χ3n) is 4.69. The van der Waals surface area contributed by atoms with Crippen LogP contribution in [0.3, 0.4) is 0 Å².